The van der Waals surface area contributed by atoms with Crippen molar-refractivity contribution >= 4 is 23.5 Å². The van der Waals surface area contributed by atoms with Crippen LogP contribution < -0.4 is 4.73 Å². The Hall–Kier alpha value is -3.32. The molecule has 2 aromatic carbocycles. The van der Waals surface area contributed by atoms with Crippen molar-refractivity contribution in [3.05, 3.63) is 93.2 Å². The molecular formula is C25H25ClN2O5. The molecule has 4 rings (SSSR count). The summed E-state index contributed by atoms with van der Waals surface area (Å²) >= 11 is 6.09. The molecule has 0 bridgehead atoms. The smallest absolute Gasteiger partial charge is 0.324 e. The predicted octanol–water partition coefficient (Wildman–Crippen LogP) is 4.02. The number of cyclic esters (lactones) is 2. The number of imidazole rings is 1. The standard InChI is InChI=1S/C25H25ClN2O5/c1-15-16(2)28(31)22(27(15)14-17-8-6-5-7-9-17)20(18-10-12-19(26)13-11-18)21-23(29)32-25(3,4)33-24(21)30/h5-13,20-21H,14H2,1-4H3/t20-/m1/s1. The molecule has 0 radical (unpaired) electrons. The summed E-state index contributed by atoms with van der Waals surface area (Å²) in [5.74, 6) is -4.87. The number of halogens is 1. The number of carbonyl (C=O) groups excluding carboxylic acids is 2. The Balaban J connectivity index is 1.92. The van der Waals surface area contributed by atoms with Gasteiger partial charge in [0.1, 0.15) is 23.9 Å². The van der Waals surface area contributed by atoms with Crippen molar-refractivity contribution < 1.29 is 23.8 Å². The van der Waals surface area contributed by atoms with E-state index < -0.39 is 29.6 Å². The monoisotopic (exact) mass is 468 g/mol. The summed E-state index contributed by atoms with van der Waals surface area (Å²) in [6.45, 7) is 6.94. The van der Waals surface area contributed by atoms with Crippen LogP contribution in [0.25, 0.3) is 0 Å². The molecule has 0 amide bonds. The van der Waals surface area contributed by atoms with Gasteiger partial charge in [0, 0.05) is 32.7 Å². The second-order valence-electron chi connectivity index (χ2n) is 8.64. The fourth-order valence-corrected chi connectivity index (χ4v) is 4.34. The Morgan fingerprint density at radius 2 is 1.61 bits per heavy atom. The summed E-state index contributed by atoms with van der Waals surface area (Å²) in [5.41, 5.74) is 2.77. The maximum atomic E-state index is 13.4. The summed E-state index contributed by atoms with van der Waals surface area (Å²) in [5, 5.41) is 13.9. The van der Waals surface area contributed by atoms with Crippen LogP contribution in [0.15, 0.2) is 54.6 Å². The quantitative estimate of drug-likeness (QED) is 0.244. The van der Waals surface area contributed by atoms with Gasteiger partial charge in [-0.25, -0.2) is 9.30 Å². The van der Waals surface area contributed by atoms with Crippen LogP contribution in [0.3, 0.4) is 0 Å². The first-order valence-electron chi connectivity index (χ1n) is 10.6. The number of benzene rings is 2. The van der Waals surface area contributed by atoms with Crippen LogP contribution in [0.1, 0.15) is 48.1 Å². The lowest BCUT2D eigenvalue weighted by Gasteiger charge is -2.35. The number of esters is 2. The molecule has 8 heteroatoms. The van der Waals surface area contributed by atoms with Crippen LogP contribution in [0, 0.1) is 25.0 Å². The number of hydrogen-bond acceptors (Lipinski definition) is 5. The minimum absolute atomic E-state index is 0.259. The van der Waals surface area contributed by atoms with Gasteiger partial charge < -0.3 is 14.7 Å². The lowest BCUT2D eigenvalue weighted by Crippen LogP contribution is -2.50. The molecule has 1 aliphatic heterocycles. The van der Waals surface area contributed by atoms with E-state index in [-0.39, 0.29) is 5.82 Å². The molecule has 1 saturated heterocycles. The molecule has 1 aromatic heterocycles. The zero-order valence-corrected chi connectivity index (χ0v) is 19.6. The van der Waals surface area contributed by atoms with E-state index in [0.29, 0.717) is 22.8 Å². The first kappa shape index (κ1) is 22.9. The summed E-state index contributed by atoms with van der Waals surface area (Å²) in [4.78, 5) is 26.2. The van der Waals surface area contributed by atoms with Crippen molar-refractivity contribution in [2.75, 3.05) is 0 Å². The number of rotatable bonds is 5. The third kappa shape index (κ3) is 4.33. The van der Waals surface area contributed by atoms with Crippen LogP contribution in [0.5, 0.6) is 0 Å². The zero-order chi connectivity index (χ0) is 23.9. The highest BCUT2D eigenvalue weighted by molar-refractivity contribution is 6.30. The second-order valence-corrected chi connectivity index (χ2v) is 9.08. The van der Waals surface area contributed by atoms with Crippen LogP contribution in [0.4, 0.5) is 0 Å². The Labute approximate surface area is 197 Å². The van der Waals surface area contributed by atoms with Gasteiger partial charge in [0.05, 0.1) is 0 Å². The van der Waals surface area contributed by atoms with Gasteiger partial charge in [-0.15, -0.1) is 0 Å². The average molecular weight is 469 g/mol. The van der Waals surface area contributed by atoms with Gasteiger partial charge in [0.2, 0.25) is 0 Å². The molecule has 1 fully saturated rings. The van der Waals surface area contributed by atoms with Crippen molar-refractivity contribution in [3.8, 4) is 0 Å². The Bertz CT molecular complexity index is 1180. The number of ether oxygens (including phenoxy) is 2. The minimum atomic E-state index is -1.37. The molecule has 0 spiro atoms. The summed E-state index contributed by atoms with van der Waals surface area (Å²) in [6, 6.07) is 16.4. The maximum absolute atomic E-state index is 13.4. The number of hydrogen-bond donors (Lipinski definition) is 0. The molecule has 3 aromatic rings. The number of nitrogens with zero attached hydrogens (tertiary/aromatic N) is 2. The van der Waals surface area contributed by atoms with Crippen molar-refractivity contribution in [2.45, 2.75) is 45.9 Å². The SMILES string of the molecule is Cc1c(C)[n+]([O-])c([C@H](c2ccc(Cl)cc2)C2C(=O)OC(C)(C)OC2=O)n1Cc1ccccc1. The molecular weight excluding hydrogens is 444 g/mol. The van der Waals surface area contributed by atoms with E-state index in [1.165, 1.54) is 13.8 Å². The van der Waals surface area contributed by atoms with E-state index in [1.807, 2.05) is 41.8 Å². The highest BCUT2D eigenvalue weighted by atomic mass is 35.5. The highest BCUT2D eigenvalue weighted by Crippen LogP contribution is 2.38. The first-order valence-corrected chi connectivity index (χ1v) is 11.0. The minimum Gasteiger partial charge on any atom is -0.711 e. The molecule has 0 aliphatic carbocycles. The van der Waals surface area contributed by atoms with E-state index >= 15 is 0 Å². The van der Waals surface area contributed by atoms with Crippen LogP contribution in [0.2, 0.25) is 5.02 Å². The van der Waals surface area contributed by atoms with E-state index in [1.54, 1.807) is 31.2 Å². The average Bonchev–Trinajstić information content (AvgIpc) is 2.95. The summed E-state index contributed by atoms with van der Waals surface area (Å²) < 4.78 is 13.5. The first-order chi connectivity index (χ1) is 15.6. The number of aromatic nitrogens is 2. The topological polar surface area (TPSA) is 84.5 Å². The molecule has 0 N–H and O–H groups in total. The fraction of sp³-hybridized carbons (Fsp3) is 0.320. The zero-order valence-electron chi connectivity index (χ0n) is 18.9. The molecule has 7 nitrogen and oxygen atoms in total. The lowest BCUT2D eigenvalue weighted by atomic mass is 9.84. The van der Waals surface area contributed by atoms with E-state index in [0.717, 1.165) is 16.0 Å². The van der Waals surface area contributed by atoms with Crippen molar-refractivity contribution in [2.24, 2.45) is 5.92 Å². The molecule has 172 valence electrons. The molecule has 2 heterocycles. The molecule has 0 saturated carbocycles. The Morgan fingerprint density at radius 1 is 1.03 bits per heavy atom. The molecule has 1 atom stereocenters. The Morgan fingerprint density at radius 3 is 2.18 bits per heavy atom. The second kappa shape index (κ2) is 8.56. The Kier molecular flexibility index (Phi) is 5.93. The van der Waals surface area contributed by atoms with Crippen molar-refractivity contribution in [1.82, 2.24) is 4.57 Å². The van der Waals surface area contributed by atoms with Gasteiger partial charge in [0.15, 0.2) is 5.92 Å². The molecule has 1 aliphatic rings. The van der Waals surface area contributed by atoms with E-state index in [2.05, 4.69) is 0 Å². The van der Waals surface area contributed by atoms with Gasteiger partial charge in [0.25, 0.3) is 11.6 Å². The largest absolute Gasteiger partial charge is 0.711 e. The van der Waals surface area contributed by atoms with Crippen LogP contribution in [-0.4, -0.2) is 22.3 Å². The molecule has 0 unspecified atom stereocenters. The normalized spacial score (nSPS) is 16.9. The van der Waals surface area contributed by atoms with E-state index in [9.17, 15) is 14.8 Å². The third-order valence-corrected chi connectivity index (χ3v) is 6.19. The van der Waals surface area contributed by atoms with Crippen molar-refractivity contribution in [3.63, 3.8) is 0 Å². The maximum Gasteiger partial charge on any atom is 0.324 e. The van der Waals surface area contributed by atoms with Crippen LogP contribution in [-0.2, 0) is 25.6 Å². The fourth-order valence-electron chi connectivity index (χ4n) is 4.22. The van der Waals surface area contributed by atoms with Gasteiger partial charge in [-0.05, 0) is 23.3 Å². The van der Waals surface area contributed by atoms with Gasteiger partial charge in [-0.2, -0.15) is 0 Å². The van der Waals surface area contributed by atoms with E-state index in [4.69, 9.17) is 21.1 Å². The third-order valence-electron chi connectivity index (χ3n) is 5.94. The number of carbonyl (C=O) groups is 2. The summed E-state index contributed by atoms with van der Waals surface area (Å²) in [7, 11) is 0. The van der Waals surface area contributed by atoms with Gasteiger partial charge in [-0.1, -0.05) is 54.1 Å². The van der Waals surface area contributed by atoms with Crippen LogP contribution >= 0.6 is 11.6 Å². The predicted molar refractivity (Wildman–Crippen MR) is 121 cm³/mol. The van der Waals surface area contributed by atoms with Gasteiger partial charge in [-0.3, -0.25) is 9.59 Å². The summed E-state index contributed by atoms with van der Waals surface area (Å²) in [6.07, 6.45) is 0. The lowest BCUT2D eigenvalue weighted by molar-refractivity contribution is -0.621. The highest BCUT2D eigenvalue weighted by Gasteiger charge is 2.51. The van der Waals surface area contributed by atoms with Gasteiger partial charge >= 0.3 is 11.9 Å². The van der Waals surface area contributed by atoms with Crippen molar-refractivity contribution in [1.29, 1.82) is 0 Å². The molecule has 33 heavy (non-hydrogen) atoms.